The molecule has 1 unspecified atom stereocenters. The van der Waals surface area contributed by atoms with Crippen LogP contribution in [0.2, 0.25) is 0 Å². The molecule has 25 heavy (non-hydrogen) atoms. The van der Waals surface area contributed by atoms with Gasteiger partial charge in [0.15, 0.2) is 0 Å². The molecule has 0 bridgehead atoms. The second kappa shape index (κ2) is 8.29. The minimum Gasteiger partial charge on any atom is -0.368 e. The first-order chi connectivity index (χ1) is 12.1. The molecule has 0 saturated carbocycles. The predicted molar refractivity (Wildman–Crippen MR) is 90.6 cm³/mol. The minimum absolute atomic E-state index is 0.0499. The number of nitrogens with zero attached hydrogens (tertiary/aromatic N) is 2. The van der Waals surface area contributed by atoms with Gasteiger partial charge in [0.2, 0.25) is 0 Å². The third-order valence-corrected chi connectivity index (χ3v) is 4.69. The van der Waals surface area contributed by atoms with Crippen LogP contribution < -0.4 is 5.32 Å². The summed E-state index contributed by atoms with van der Waals surface area (Å²) < 4.78 is 18.3. The Hall–Kier alpha value is -2.15. The highest BCUT2D eigenvalue weighted by atomic mass is 19.1. The first-order valence-corrected chi connectivity index (χ1v) is 8.81. The van der Waals surface area contributed by atoms with E-state index in [1.54, 1.807) is 21.9 Å². The van der Waals surface area contributed by atoms with E-state index in [9.17, 15) is 14.0 Å². The Balaban J connectivity index is 1.37. The third-order valence-electron chi connectivity index (χ3n) is 4.69. The molecule has 1 aromatic carbocycles. The smallest absolute Gasteiger partial charge is 0.317 e. The Bertz CT molecular complexity index is 594. The number of halogens is 1. The molecule has 1 atom stereocenters. The van der Waals surface area contributed by atoms with Gasteiger partial charge in [0.25, 0.3) is 5.91 Å². The van der Waals surface area contributed by atoms with E-state index in [1.807, 2.05) is 0 Å². The molecule has 136 valence electrons. The lowest BCUT2D eigenvalue weighted by atomic mass is 10.1. The summed E-state index contributed by atoms with van der Waals surface area (Å²) >= 11 is 0. The molecular formula is C18H24FN3O3. The van der Waals surface area contributed by atoms with E-state index in [1.165, 1.54) is 12.1 Å². The second-order valence-corrected chi connectivity index (χ2v) is 6.42. The summed E-state index contributed by atoms with van der Waals surface area (Å²) in [6.45, 7) is 3.31. The van der Waals surface area contributed by atoms with Crippen LogP contribution in [0.15, 0.2) is 24.3 Å². The maximum Gasteiger partial charge on any atom is 0.317 e. The number of urea groups is 1. The summed E-state index contributed by atoms with van der Waals surface area (Å²) in [5, 5.41) is 2.88. The molecule has 3 rings (SSSR count). The van der Waals surface area contributed by atoms with Crippen molar-refractivity contribution in [2.75, 3.05) is 39.3 Å². The number of rotatable bonds is 4. The van der Waals surface area contributed by atoms with E-state index >= 15 is 0 Å². The summed E-state index contributed by atoms with van der Waals surface area (Å²) in [4.78, 5) is 28.0. The van der Waals surface area contributed by atoms with Gasteiger partial charge in [-0.2, -0.15) is 0 Å². The van der Waals surface area contributed by atoms with Gasteiger partial charge in [0, 0.05) is 39.3 Å². The predicted octanol–water partition coefficient (Wildman–Crippen LogP) is 1.40. The lowest BCUT2D eigenvalue weighted by molar-refractivity contribution is -0.142. The van der Waals surface area contributed by atoms with Crippen molar-refractivity contribution in [3.05, 3.63) is 35.6 Å². The monoisotopic (exact) mass is 349 g/mol. The van der Waals surface area contributed by atoms with Crippen molar-refractivity contribution in [2.45, 2.75) is 25.4 Å². The fourth-order valence-electron chi connectivity index (χ4n) is 3.18. The standard InChI is InChI=1S/C18H24FN3O3/c19-15-5-3-14(4-6-15)7-8-20-18(24)22-11-9-21(10-12-22)17(23)16-2-1-13-25-16/h3-6,16H,1-2,7-13H2,(H,20,24). The van der Waals surface area contributed by atoms with E-state index in [4.69, 9.17) is 4.74 Å². The zero-order valence-corrected chi connectivity index (χ0v) is 14.2. The Labute approximate surface area is 146 Å². The number of ether oxygens (including phenoxy) is 1. The molecule has 2 aliphatic rings. The lowest BCUT2D eigenvalue weighted by Gasteiger charge is -2.35. The fourth-order valence-corrected chi connectivity index (χ4v) is 3.18. The van der Waals surface area contributed by atoms with Gasteiger partial charge in [-0.25, -0.2) is 9.18 Å². The maximum atomic E-state index is 12.9. The topological polar surface area (TPSA) is 61.9 Å². The highest BCUT2D eigenvalue weighted by Gasteiger charge is 2.31. The molecule has 7 heteroatoms. The Morgan fingerprint density at radius 2 is 1.80 bits per heavy atom. The van der Waals surface area contributed by atoms with E-state index in [0.29, 0.717) is 45.8 Å². The highest BCUT2D eigenvalue weighted by molar-refractivity contribution is 5.81. The van der Waals surface area contributed by atoms with Crippen molar-refractivity contribution < 1.29 is 18.7 Å². The Morgan fingerprint density at radius 3 is 2.44 bits per heavy atom. The highest BCUT2D eigenvalue weighted by Crippen LogP contribution is 2.16. The lowest BCUT2D eigenvalue weighted by Crippen LogP contribution is -2.55. The first-order valence-electron chi connectivity index (χ1n) is 8.81. The summed E-state index contributed by atoms with van der Waals surface area (Å²) in [5.41, 5.74) is 0.980. The number of hydrogen-bond acceptors (Lipinski definition) is 3. The van der Waals surface area contributed by atoms with Gasteiger partial charge in [-0.05, 0) is 37.0 Å². The molecule has 2 aliphatic heterocycles. The van der Waals surface area contributed by atoms with Crippen LogP contribution in [-0.4, -0.2) is 67.2 Å². The van der Waals surface area contributed by atoms with Gasteiger partial charge >= 0.3 is 6.03 Å². The number of amides is 3. The molecule has 0 radical (unpaired) electrons. The molecule has 2 heterocycles. The van der Waals surface area contributed by atoms with Crippen LogP contribution in [0.4, 0.5) is 9.18 Å². The summed E-state index contributed by atoms with van der Waals surface area (Å²) in [6.07, 6.45) is 2.09. The SMILES string of the molecule is O=C(NCCc1ccc(F)cc1)N1CCN(C(=O)C2CCCO2)CC1. The molecule has 6 nitrogen and oxygen atoms in total. The average molecular weight is 349 g/mol. The van der Waals surface area contributed by atoms with Crippen molar-refractivity contribution in [1.82, 2.24) is 15.1 Å². The molecule has 1 aromatic rings. The van der Waals surface area contributed by atoms with Crippen LogP contribution in [0.5, 0.6) is 0 Å². The van der Waals surface area contributed by atoms with Crippen molar-refractivity contribution in [2.24, 2.45) is 0 Å². The second-order valence-electron chi connectivity index (χ2n) is 6.42. The molecule has 1 N–H and O–H groups in total. The normalized spacial score (nSPS) is 20.6. The maximum absolute atomic E-state index is 12.9. The summed E-state index contributed by atoms with van der Waals surface area (Å²) in [7, 11) is 0. The number of hydrogen-bond donors (Lipinski definition) is 1. The molecular weight excluding hydrogens is 325 g/mol. The number of carbonyl (C=O) groups is 2. The van der Waals surface area contributed by atoms with Crippen LogP contribution in [0, 0.1) is 5.82 Å². The molecule has 0 aliphatic carbocycles. The summed E-state index contributed by atoms with van der Waals surface area (Å²) in [6, 6.07) is 6.16. The molecule has 0 aromatic heterocycles. The fraction of sp³-hybridized carbons (Fsp3) is 0.556. The van der Waals surface area contributed by atoms with E-state index in [2.05, 4.69) is 5.32 Å². The van der Waals surface area contributed by atoms with Crippen LogP contribution in [-0.2, 0) is 16.0 Å². The zero-order chi connectivity index (χ0) is 17.6. The third kappa shape index (κ3) is 4.69. The van der Waals surface area contributed by atoms with E-state index < -0.39 is 0 Å². The quantitative estimate of drug-likeness (QED) is 0.894. The van der Waals surface area contributed by atoms with Gasteiger partial charge in [0.05, 0.1) is 0 Å². The van der Waals surface area contributed by atoms with Gasteiger partial charge in [-0.1, -0.05) is 12.1 Å². The van der Waals surface area contributed by atoms with Crippen LogP contribution >= 0.6 is 0 Å². The molecule has 2 saturated heterocycles. The number of benzene rings is 1. The summed E-state index contributed by atoms with van der Waals surface area (Å²) in [5.74, 6) is -0.211. The Kier molecular flexibility index (Phi) is 5.86. The number of nitrogens with one attached hydrogen (secondary N) is 1. The van der Waals surface area contributed by atoms with Gasteiger partial charge in [-0.15, -0.1) is 0 Å². The average Bonchev–Trinajstić information content (AvgIpc) is 3.17. The molecule has 3 amide bonds. The van der Waals surface area contributed by atoms with Crippen molar-refractivity contribution in [3.63, 3.8) is 0 Å². The van der Waals surface area contributed by atoms with Crippen molar-refractivity contribution in [1.29, 1.82) is 0 Å². The van der Waals surface area contributed by atoms with Crippen LogP contribution in [0.1, 0.15) is 18.4 Å². The van der Waals surface area contributed by atoms with Crippen molar-refractivity contribution in [3.8, 4) is 0 Å². The number of carbonyl (C=O) groups excluding carboxylic acids is 2. The molecule has 2 fully saturated rings. The first kappa shape index (κ1) is 17.7. The Morgan fingerprint density at radius 1 is 1.12 bits per heavy atom. The number of piperazine rings is 1. The van der Waals surface area contributed by atoms with Crippen LogP contribution in [0.3, 0.4) is 0 Å². The van der Waals surface area contributed by atoms with Gasteiger partial charge in [-0.3, -0.25) is 4.79 Å². The largest absolute Gasteiger partial charge is 0.368 e. The van der Waals surface area contributed by atoms with E-state index in [0.717, 1.165) is 18.4 Å². The van der Waals surface area contributed by atoms with E-state index in [-0.39, 0.29) is 23.9 Å². The van der Waals surface area contributed by atoms with Gasteiger partial charge in [0.1, 0.15) is 11.9 Å². The molecule has 0 spiro atoms. The van der Waals surface area contributed by atoms with Crippen LogP contribution in [0.25, 0.3) is 0 Å². The zero-order valence-electron chi connectivity index (χ0n) is 14.2. The minimum atomic E-state index is -0.295. The van der Waals surface area contributed by atoms with Gasteiger partial charge < -0.3 is 19.9 Å². The van der Waals surface area contributed by atoms with Crippen molar-refractivity contribution >= 4 is 11.9 Å².